The van der Waals surface area contributed by atoms with Gasteiger partial charge in [0.25, 0.3) is 0 Å². The lowest BCUT2D eigenvalue weighted by Gasteiger charge is -2.17. The van der Waals surface area contributed by atoms with Crippen molar-refractivity contribution in [2.24, 2.45) is 7.05 Å². The molecule has 2 aromatic carbocycles. The summed E-state index contributed by atoms with van der Waals surface area (Å²) in [6.07, 6.45) is 0.806. The predicted molar refractivity (Wildman–Crippen MR) is 109 cm³/mol. The number of nitrogens with one attached hydrogen (secondary N) is 1. The minimum absolute atomic E-state index is 0.0258. The van der Waals surface area contributed by atoms with E-state index in [-0.39, 0.29) is 23.5 Å². The number of aryl methyl sites for hydroxylation is 1. The minimum Gasteiger partial charge on any atom is -0.349 e. The summed E-state index contributed by atoms with van der Waals surface area (Å²) in [5.41, 5.74) is 2.67. The Morgan fingerprint density at radius 3 is 2.57 bits per heavy atom. The molecule has 7 heteroatoms. The maximum Gasteiger partial charge on any atom is 0.230 e. The van der Waals surface area contributed by atoms with Crippen molar-refractivity contribution in [1.82, 2.24) is 20.1 Å². The third kappa shape index (κ3) is 4.59. The SMILES string of the molecule is CC[C@@H](NC(=O)CSc1nnc(-c2ccccc2F)n1C)c1ccc(C)cc1. The molecule has 0 bridgehead atoms. The summed E-state index contributed by atoms with van der Waals surface area (Å²) < 4.78 is 15.7. The number of rotatable bonds is 7. The van der Waals surface area contributed by atoms with Gasteiger partial charge in [0.1, 0.15) is 5.82 Å². The molecule has 0 saturated carbocycles. The van der Waals surface area contributed by atoms with Gasteiger partial charge in [-0.15, -0.1) is 10.2 Å². The first-order valence-corrected chi connectivity index (χ1v) is 10.1. The molecule has 1 aromatic heterocycles. The Morgan fingerprint density at radius 1 is 1.18 bits per heavy atom. The number of thioether (sulfide) groups is 1. The number of carbonyl (C=O) groups excluding carboxylic acids is 1. The molecule has 3 aromatic rings. The molecule has 0 aliphatic carbocycles. The van der Waals surface area contributed by atoms with E-state index in [0.717, 1.165) is 12.0 Å². The first kappa shape index (κ1) is 20.1. The highest BCUT2D eigenvalue weighted by Crippen LogP contribution is 2.25. The topological polar surface area (TPSA) is 59.8 Å². The van der Waals surface area contributed by atoms with Crippen LogP contribution in [-0.4, -0.2) is 26.4 Å². The molecule has 0 aliphatic rings. The second kappa shape index (κ2) is 9.01. The van der Waals surface area contributed by atoms with Crippen LogP contribution in [0.1, 0.15) is 30.5 Å². The first-order valence-electron chi connectivity index (χ1n) is 9.12. The first-order chi connectivity index (χ1) is 13.5. The minimum atomic E-state index is -0.351. The lowest BCUT2D eigenvalue weighted by atomic mass is 10.0. The van der Waals surface area contributed by atoms with Gasteiger partial charge in [0, 0.05) is 7.05 Å². The maximum absolute atomic E-state index is 14.0. The number of nitrogens with zero attached hydrogens (tertiary/aromatic N) is 3. The zero-order chi connectivity index (χ0) is 20.1. The summed E-state index contributed by atoms with van der Waals surface area (Å²) in [6, 6.07) is 14.6. The average molecular weight is 399 g/mol. The van der Waals surface area contributed by atoms with Gasteiger partial charge >= 0.3 is 0 Å². The van der Waals surface area contributed by atoms with Crippen molar-refractivity contribution in [3.8, 4) is 11.4 Å². The molecule has 1 atom stereocenters. The maximum atomic E-state index is 14.0. The molecule has 146 valence electrons. The van der Waals surface area contributed by atoms with Crippen LogP contribution >= 0.6 is 11.8 Å². The highest BCUT2D eigenvalue weighted by atomic mass is 32.2. The van der Waals surface area contributed by atoms with Crippen molar-refractivity contribution < 1.29 is 9.18 Å². The number of benzene rings is 2. The van der Waals surface area contributed by atoms with Crippen LogP contribution in [0.3, 0.4) is 0 Å². The second-order valence-corrected chi connectivity index (χ2v) is 7.52. The summed E-state index contributed by atoms with van der Waals surface area (Å²) >= 11 is 1.28. The number of aromatic nitrogens is 3. The molecular formula is C21H23FN4OS. The van der Waals surface area contributed by atoms with E-state index in [4.69, 9.17) is 0 Å². The van der Waals surface area contributed by atoms with Crippen LogP contribution in [0.2, 0.25) is 0 Å². The van der Waals surface area contributed by atoms with E-state index < -0.39 is 0 Å². The Labute approximate surface area is 168 Å². The third-order valence-corrected chi connectivity index (χ3v) is 5.53. The van der Waals surface area contributed by atoms with E-state index in [1.807, 2.05) is 38.1 Å². The highest BCUT2D eigenvalue weighted by Gasteiger charge is 2.17. The number of amides is 1. The molecular weight excluding hydrogens is 375 g/mol. The summed E-state index contributed by atoms with van der Waals surface area (Å²) in [5, 5.41) is 11.8. The summed E-state index contributed by atoms with van der Waals surface area (Å²) in [4.78, 5) is 12.4. The van der Waals surface area contributed by atoms with E-state index in [1.54, 1.807) is 29.8 Å². The van der Waals surface area contributed by atoms with Gasteiger partial charge in [0.05, 0.1) is 17.4 Å². The van der Waals surface area contributed by atoms with Gasteiger partial charge in [-0.1, -0.05) is 60.6 Å². The standard InChI is InChI=1S/C21H23FN4OS/c1-4-18(15-11-9-14(2)10-12-15)23-19(27)13-28-21-25-24-20(26(21)3)16-7-5-6-8-17(16)22/h5-12,18H,4,13H2,1-3H3,(H,23,27)/t18-/m1/s1. The molecule has 0 radical (unpaired) electrons. The lowest BCUT2D eigenvalue weighted by molar-refractivity contribution is -0.119. The normalized spacial score (nSPS) is 12.0. The second-order valence-electron chi connectivity index (χ2n) is 6.57. The number of halogens is 1. The fourth-order valence-electron chi connectivity index (χ4n) is 2.90. The molecule has 3 rings (SSSR count). The van der Waals surface area contributed by atoms with Crippen LogP contribution in [0.5, 0.6) is 0 Å². The molecule has 0 spiro atoms. The third-order valence-electron chi connectivity index (χ3n) is 4.51. The van der Waals surface area contributed by atoms with Crippen LogP contribution in [0.15, 0.2) is 53.7 Å². The van der Waals surface area contributed by atoms with Crippen molar-refractivity contribution in [2.75, 3.05) is 5.75 Å². The molecule has 0 fully saturated rings. The Hall–Kier alpha value is -2.67. The monoisotopic (exact) mass is 398 g/mol. The molecule has 1 amide bonds. The van der Waals surface area contributed by atoms with Crippen LogP contribution in [0.4, 0.5) is 4.39 Å². The number of carbonyl (C=O) groups is 1. The predicted octanol–water partition coefficient (Wildman–Crippen LogP) is 4.29. The fourth-order valence-corrected chi connectivity index (χ4v) is 3.63. The largest absolute Gasteiger partial charge is 0.349 e. The zero-order valence-corrected chi connectivity index (χ0v) is 17.0. The van der Waals surface area contributed by atoms with Crippen LogP contribution in [-0.2, 0) is 11.8 Å². The van der Waals surface area contributed by atoms with E-state index >= 15 is 0 Å². The van der Waals surface area contributed by atoms with Gasteiger partial charge in [-0.2, -0.15) is 0 Å². The van der Waals surface area contributed by atoms with Gasteiger partial charge in [-0.3, -0.25) is 4.79 Å². The molecule has 5 nitrogen and oxygen atoms in total. The molecule has 0 aliphatic heterocycles. The van der Waals surface area contributed by atoms with Gasteiger partial charge < -0.3 is 9.88 Å². The highest BCUT2D eigenvalue weighted by molar-refractivity contribution is 7.99. The molecule has 1 heterocycles. The van der Waals surface area contributed by atoms with Crippen LogP contribution in [0.25, 0.3) is 11.4 Å². The summed E-state index contributed by atoms with van der Waals surface area (Å²) in [7, 11) is 1.77. The lowest BCUT2D eigenvalue weighted by Crippen LogP contribution is -2.29. The van der Waals surface area contributed by atoms with Gasteiger partial charge in [0.15, 0.2) is 11.0 Å². The average Bonchev–Trinajstić information content (AvgIpc) is 3.06. The van der Waals surface area contributed by atoms with E-state index in [9.17, 15) is 9.18 Å². The Kier molecular flexibility index (Phi) is 6.46. The van der Waals surface area contributed by atoms with E-state index in [2.05, 4.69) is 15.5 Å². The van der Waals surface area contributed by atoms with E-state index in [1.165, 1.54) is 23.4 Å². The molecule has 0 unspecified atom stereocenters. The fraction of sp³-hybridized carbons (Fsp3) is 0.286. The number of hydrogen-bond donors (Lipinski definition) is 1. The summed E-state index contributed by atoms with van der Waals surface area (Å²) in [6.45, 7) is 4.08. The molecule has 1 N–H and O–H groups in total. The van der Waals surface area contributed by atoms with E-state index in [0.29, 0.717) is 16.5 Å². The smallest absolute Gasteiger partial charge is 0.230 e. The van der Waals surface area contributed by atoms with Crippen LogP contribution in [0, 0.1) is 12.7 Å². The van der Waals surface area contributed by atoms with Crippen molar-refractivity contribution in [1.29, 1.82) is 0 Å². The van der Waals surface area contributed by atoms with Crippen molar-refractivity contribution in [3.05, 3.63) is 65.5 Å². The van der Waals surface area contributed by atoms with Crippen molar-refractivity contribution in [2.45, 2.75) is 31.5 Å². The summed E-state index contributed by atoms with van der Waals surface area (Å²) in [5.74, 6) is 0.224. The van der Waals surface area contributed by atoms with Crippen molar-refractivity contribution >= 4 is 17.7 Å². The van der Waals surface area contributed by atoms with Gasteiger partial charge in [-0.25, -0.2) is 4.39 Å². The van der Waals surface area contributed by atoms with Crippen molar-refractivity contribution in [3.63, 3.8) is 0 Å². The molecule has 28 heavy (non-hydrogen) atoms. The quantitative estimate of drug-likeness (QED) is 0.603. The van der Waals surface area contributed by atoms with Gasteiger partial charge in [0.2, 0.25) is 5.91 Å². The zero-order valence-electron chi connectivity index (χ0n) is 16.1. The Balaban J connectivity index is 1.63. The Bertz CT molecular complexity index is 955. The van der Waals surface area contributed by atoms with Crippen LogP contribution < -0.4 is 5.32 Å². The number of hydrogen-bond acceptors (Lipinski definition) is 4. The van der Waals surface area contributed by atoms with Gasteiger partial charge in [-0.05, 0) is 31.0 Å². The Morgan fingerprint density at radius 2 is 1.89 bits per heavy atom. The molecule has 0 saturated heterocycles.